The van der Waals surface area contributed by atoms with Gasteiger partial charge >= 0.3 is 0 Å². The smallest absolute Gasteiger partial charge is 0.288 e. The lowest BCUT2D eigenvalue weighted by atomic mass is 10.1. The van der Waals surface area contributed by atoms with E-state index in [1.54, 1.807) is 11.9 Å². The highest BCUT2D eigenvalue weighted by atomic mass is 32.2. The Morgan fingerprint density at radius 2 is 2.14 bits per heavy atom. The predicted molar refractivity (Wildman–Crippen MR) is 108 cm³/mol. The summed E-state index contributed by atoms with van der Waals surface area (Å²) in [6.45, 7) is 4.44. The van der Waals surface area contributed by atoms with Crippen molar-refractivity contribution in [1.29, 1.82) is 0 Å². The van der Waals surface area contributed by atoms with Gasteiger partial charge in [-0.3, -0.25) is 9.69 Å². The molecule has 1 aromatic carbocycles. The molecule has 1 aliphatic rings. The number of rotatable bonds is 6. The van der Waals surface area contributed by atoms with Gasteiger partial charge in [0.05, 0.1) is 24.7 Å². The number of hydrogen-bond acceptors (Lipinski definition) is 7. The maximum absolute atomic E-state index is 12.2. The number of nitrogens with one attached hydrogen (secondary N) is 1. The zero-order chi connectivity index (χ0) is 20.5. The summed E-state index contributed by atoms with van der Waals surface area (Å²) in [6, 6.07) is 5.62. The maximum Gasteiger partial charge on any atom is 0.288 e. The van der Waals surface area contributed by atoms with E-state index in [2.05, 4.69) is 10.4 Å². The first kappa shape index (κ1) is 20.7. The molecular weight excluding hydrogens is 400 g/mol. The van der Waals surface area contributed by atoms with Crippen LogP contribution < -0.4 is 5.32 Å². The average molecular weight is 425 g/mol. The molecule has 1 fully saturated rings. The Kier molecular flexibility index (Phi) is 6.01. The quantitative estimate of drug-likeness (QED) is 0.705. The molecule has 1 aromatic heterocycles. The maximum atomic E-state index is 12.2. The molecule has 10 heteroatoms. The number of aryl methyl sites for hydroxylation is 2. The largest absolute Gasteiger partial charge is 0.409 e. The SMILES string of the molecule is Cc1ccc(-c2nn(CN(C)CC(=O)N[C@H]3CCS(=O)(=O)C3)c(=S)o2)cc1C. The zero-order valence-electron chi connectivity index (χ0n) is 16.1. The molecule has 0 bridgehead atoms. The molecule has 1 amide bonds. The number of carbonyl (C=O) groups is 1. The van der Waals surface area contributed by atoms with E-state index in [4.69, 9.17) is 16.6 Å². The standard InChI is InChI=1S/C18H24N4O4S2/c1-12-4-5-14(8-13(12)2)17-20-22(18(27)26-17)11-21(3)9-16(23)19-15-6-7-28(24,25)10-15/h4-5,8,15H,6-7,9-11H2,1-3H3,(H,19,23)/t15-/m0/s1. The van der Waals surface area contributed by atoms with Crippen LogP contribution in [0.1, 0.15) is 17.5 Å². The second-order valence-electron chi connectivity index (χ2n) is 7.29. The summed E-state index contributed by atoms with van der Waals surface area (Å²) in [5.74, 6) is 0.343. The number of sulfone groups is 1. The van der Waals surface area contributed by atoms with Crippen molar-refractivity contribution in [2.45, 2.75) is 33.0 Å². The molecule has 152 valence electrons. The van der Waals surface area contributed by atoms with Gasteiger partial charge in [0.1, 0.15) is 0 Å². The summed E-state index contributed by atoms with van der Waals surface area (Å²) in [5, 5.41) is 7.18. The Bertz CT molecular complexity index is 1040. The average Bonchev–Trinajstić information content (AvgIpc) is 3.12. The second-order valence-corrected chi connectivity index (χ2v) is 9.87. The number of aromatic nitrogens is 2. The van der Waals surface area contributed by atoms with Gasteiger partial charge in [-0.15, -0.1) is 5.10 Å². The van der Waals surface area contributed by atoms with Crippen LogP contribution in [-0.2, 0) is 21.3 Å². The van der Waals surface area contributed by atoms with Gasteiger partial charge in [-0.25, -0.2) is 13.1 Å². The van der Waals surface area contributed by atoms with E-state index < -0.39 is 9.84 Å². The molecule has 0 radical (unpaired) electrons. The second kappa shape index (κ2) is 8.14. The minimum absolute atomic E-state index is 0.0100. The van der Waals surface area contributed by atoms with Gasteiger partial charge < -0.3 is 9.73 Å². The Labute approximate surface area is 169 Å². The minimum Gasteiger partial charge on any atom is -0.409 e. The van der Waals surface area contributed by atoms with Crippen LogP contribution in [0.4, 0.5) is 0 Å². The minimum atomic E-state index is -3.02. The Balaban J connectivity index is 1.60. The lowest BCUT2D eigenvalue weighted by Gasteiger charge is -2.17. The number of benzene rings is 1. The summed E-state index contributed by atoms with van der Waals surface area (Å²) in [6.07, 6.45) is 0.464. The summed E-state index contributed by atoms with van der Waals surface area (Å²) in [4.78, 5) is 14.1. The lowest BCUT2D eigenvalue weighted by molar-refractivity contribution is -0.122. The molecule has 1 N–H and O–H groups in total. The Hall–Kier alpha value is -2.04. The van der Waals surface area contributed by atoms with Gasteiger partial charge in [-0.05, 0) is 62.8 Å². The van der Waals surface area contributed by atoms with Crippen molar-refractivity contribution >= 4 is 28.0 Å². The van der Waals surface area contributed by atoms with Crippen LogP contribution in [0.2, 0.25) is 0 Å². The van der Waals surface area contributed by atoms with E-state index in [0.29, 0.717) is 12.3 Å². The predicted octanol–water partition coefficient (Wildman–Crippen LogP) is 1.68. The summed E-state index contributed by atoms with van der Waals surface area (Å²) in [7, 11) is -1.26. The summed E-state index contributed by atoms with van der Waals surface area (Å²) >= 11 is 5.24. The number of amides is 1. The van der Waals surface area contributed by atoms with Crippen molar-refractivity contribution in [3.8, 4) is 11.5 Å². The van der Waals surface area contributed by atoms with Crippen molar-refractivity contribution < 1.29 is 17.6 Å². The Morgan fingerprint density at radius 3 is 2.79 bits per heavy atom. The molecule has 1 atom stereocenters. The van der Waals surface area contributed by atoms with Crippen LogP contribution in [0.3, 0.4) is 0 Å². The number of likely N-dealkylation sites (N-methyl/N-ethyl adjacent to an activating group) is 1. The van der Waals surface area contributed by atoms with Crippen LogP contribution in [0.25, 0.3) is 11.5 Å². The van der Waals surface area contributed by atoms with Crippen molar-refractivity contribution in [2.24, 2.45) is 0 Å². The molecule has 1 saturated heterocycles. The van der Waals surface area contributed by atoms with E-state index in [1.165, 1.54) is 10.2 Å². The number of hydrogen-bond donors (Lipinski definition) is 1. The van der Waals surface area contributed by atoms with Crippen LogP contribution in [0.15, 0.2) is 22.6 Å². The third-order valence-corrected chi connectivity index (χ3v) is 6.81. The molecule has 3 rings (SSSR count). The van der Waals surface area contributed by atoms with Crippen molar-refractivity contribution in [3.05, 3.63) is 34.2 Å². The van der Waals surface area contributed by atoms with Crippen LogP contribution in [0, 0.1) is 18.7 Å². The molecule has 2 heterocycles. The third kappa shape index (κ3) is 5.06. The van der Waals surface area contributed by atoms with Crippen molar-refractivity contribution in [1.82, 2.24) is 20.0 Å². The lowest BCUT2D eigenvalue weighted by Crippen LogP contribution is -2.42. The highest BCUT2D eigenvalue weighted by Crippen LogP contribution is 2.21. The molecule has 0 spiro atoms. The van der Waals surface area contributed by atoms with Crippen LogP contribution >= 0.6 is 12.2 Å². The number of carbonyl (C=O) groups excluding carboxylic acids is 1. The first-order chi connectivity index (χ1) is 13.1. The fourth-order valence-electron chi connectivity index (χ4n) is 3.09. The van der Waals surface area contributed by atoms with E-state index in [0.717, 1.165) is 11.1 Å². The molecule has 2 aromatic rings. The first-order valence-corrected chi connectivity index (χ1v) is 11.2. The third-order valence-electron chi connectivity index (χ3n) is 4.75. The van der Waals surface area contributed by atoms with Crippen LogP contribution in [0.5, 0.6) is 0 Å². The zero-order valence-corrected chi connectivity index (χ0v) is 17.8. The molecular formula is C18H24N4O4S2. The van der Waals surface area contributed by atoms with Gasteiger partial charge in [-0.1, -0.05) is 6.07 Å². The number of nitrogens with zero attached hydrogens (tertiary/aromatic N) is 3. The molecule has 0 saturated carbocycles. The monoisotopic (exact) mass is 424 g/mol. The molecule has 0 unspecified atom stereocenters. The fourth-order valence-corrected chi connectivity index (χ4v) is 4.94. The molecule has 28 heavy (non-hydrogen) atoms. The van der Waals surface area contributed by atoms with Gasteiger partial charge in [-0.2, -0.15) is 0 Å². The van der Waals surface area contributed by atoms with Gasteiger partial charge in [0.15, 0.2) is 9.84 Å². The van der Waals surface area contributed by atoms with Crippen molar-refractivity contribution in [3.63, 3.8) is 0 Å². The fraction of sp³-hybridized carbons (Fsp3) is 0.500. The normalized spacial score (nSPS) is 18.5. The van der Waals surface area contributed by atoms with Crippen LogP contribution in [-0.4, -0.2) is 60.1 Å². The molecule has 8 nitrogen and oxygen atoms in total. The highest BCUT2D eigenvalue weighted by Gasteiger charge is 2.29. The topological polar surface area (TPSA) is 97.4 Å². The molecule has 1 aliphatic heterocycles. The van der Waals surface area contributed by atoms with Crippen molar-refractivity contribution in [2.75, 3.05) is 25.1 Å². The highest BCUT2D eigenvalue weighted by molar-refractivity contribution is 7.91. The summed E-state index contributed by atoms with van der Waals surface area (Å²) in [5.41, 5.74) is 3.16. The first-order valence-electron chi connectivity index (χ1n) is 8.97. The molecule has 0 aliphatic carbocycles. The van der Waals surface area contributed by atoms with Gasteiger partial charge in [0.25, 0.3) is 4.84 Å². The van der Waals surface area contributed by atoms with E-state index >= 15 is 0 Å². The summed E-state index contributed by atoms with van der Waals surface area (Å²) < 4.78 is 30.1. The van der Waals surface area contributed by atoms with Gasteiger partial charge in [0, 0.05) is 11.6 Å². The van der Waals surface area contributed by atoms with E-state index in [9.17, 15) is 13.2 Å². The Morgan fingerprint density at radius 1 is 1.39 bits per heavy atom. The van der Waals surface area contributed by atoms with Gasteiger partial charge in [0.2, 0.25) is 11.8 Å². The van der Waals surface area contributed by atoms with E-state index in [1.807, 2.05) is 32.0 Å². The van der Waals surface area contributed by atoms with E-state index in [-0.39, 0.29) is 41.5 Å².